The summed E-state index contributed by atoms with van der Waals surface area (Å²) in [4.78, 5) is 10.7. The van der Waals surface area contributed by atoms with Crippen molar-refractivity contribution in [1.82, 2.24) is 0 Å². The van der Waals surface area contributed by atoms with Crippen LogP contribution in [0.2, 0.25) is 0 Å². The molecule has 0 aliphatic rings. The second kappa shape index (κ2) is 8.37. The highest BCUT2D eigenvalue weighted by atomic mass is 19.4. The molecule has 0 bridgehead atoms. The first-order valence-corrected chi connectivity index (χ1v) is 7.73. The second-order valence-electron chi connectivity index (χ2n) is 5.46. The summed E-state index contributed by atoms with van der Waals surface area (Å²) < 4.78 is 38.0. The normalized spacial score (nSPS) is 11.6. The van der Waals surface area contributed by atoms with Gasteiger partial charge in [-0.2, -0.15) is 13.2 Å². The number of aliphatic carboxylic acids is 1. The van der Waals surface area contributed by atoms with Crippen LogP contribution < -0.4 is 5.32 Å². The van der Waals surface area contributed by atoms with Crippen molar-refractivity contribution in [2.24, 2.45) is 0 Å². The van der Waals surface area contributed by atoms with Crippen molar-refractivity contribution in [2.75, 3.05) is 11.9 Å². The van der Waals surface area contributed by atoms with E-state index in [1.807, 2.05) is 24.3 Å². The van der Waals surface area contributed by atoms with E-state index >= 15 is 0 Å². The van der Waals surface area contributed by atoms with E-state index in [-0.39, 0.29) is 6.42 Å². The molecule has 0 atom stereocenters. The van der Waals surface area contributed by atoms with E-state index in [0.717, 1.165) is 23.4 Å². The Morgan fingerprint density at radius 2 is 1.88 bits per heavy atom. The average Bonchev–Trinajstić information content (AvgIpc) is 2.57. The number of hydrogen-bond acceptors (Lipinski definition) is 2. The van der Waals surface area contributed by atoms with Gasteiger partial charge in [0.25, 0.3) is 0 Å². The minimum absolute atomic E-state index is 0.0404. The first-order chi connectivity index (χ1) is 11.9. The molecule has 0 fully saturated rings. The molecule has 2 aromatic rings. The summed E-state index contributed by atoms with van der Waals surface area (Å²) >= 11 is 0. The van der Waals surface area contributed by atoms with Crippen molar-refractivity contribution >= 4 is 17.7 Å². The highest BCUT2D eigenvalue weighted by Crippen LogP contribution is 2.29. The third-order valence-corrected chi connectivity index (χ3v) is 3.56. The number of halogens is 3. The highest BCUT2D eigenvalue weighted by Gasteiger charge is 2.30. The van der Waals surface area contributed by atoms with E-state index in [9.17, 15) is 18.0 Å². The number of benzene rings is 2. The van der Waals surface area contributed by atoms with E-state index in [1.165, 1.54) is 6.07 Å². The molecular formula is C19H18F3NO2. The Bertz CT molecular complexity index is 754. The van der Waals surface area contributed by atoms with Crippen LogP contribution in [-0.4, -0.2) is 17.6 Å². The molecule has 132 valence electrons. The molecule has 0 saturated carbocycles. The van der Waals surface area contributed by atoms with Gasteiger partial charge in [-0.25, -0.2) is 0 Å². The zero-order valence-corrected chi connectivity index (χ0v) is 13.4. The summed E-state index contributed by atoms with van der Waals surface area (Å²) in [5.74, 6) is -0.862. The summed E-state index contributed by atoms with van der Waals surface area (Å²) in [7, 11) is 0. The van der Waals surface area contributed by atoms with Crippen LogP contribution in [0, 0.1) is 0 Å². The molecule has 2 aromatic carbocycles. The Balaban J connectivity index is 1.97. The van der Waals surface area contributed by atoms with Crippen LogP contribution in [-0.2, 0) is 17.4 Å². The maximum Gasteiger partial charge on any atom is 0.416 e. The van der Waals surface area contributed by atoms with E-state index in [0.29, 0.717) is 18.5 Å². The number of hydrogen-bond donors (Lipinski definition) is 2. The zero-order valence-electron chi connectivity index (χ0n) is 13.4. The topological polar surface area (TPSA) is 49.3 Å². The van der Waals surface area contributed by atoms with Crippen LogP contribution in [0.5, 0.6) is 0 Å². The van der Waals surface area contributed by atoms with E-state index in [2.05, 4.69) is 5.32 Å². The SMILES string of the molecule is O=C(O)CCc1ccccc1NCC=Cc1cccc(C(F)(F)F)c1. The number of rotatable bonds is 7. The molecule has 0 aromatic heterocycles. The Hall–Kier alpha value is -2.76. The second-order valence-corrected chi connectivity index (χ2v) is 5.46. The van der Waals surface area contributed by atoms with E-state index in [1.54, 1.807) is 18.2 Å². The van der Waals surface area contributed by atoms with Gasteiger partial charge in [0, 0.05) is 18.7 Å². The summed E-state index contributed by atoms with van der Waals surface area (Å²) in [5, 5.41) is 11.9. The van der Waals surface area contributed by atoms with E-state index in [4.69, 9.17) is 5.11 Å². The van der Waals surface area contributed by atoms with Crippen LogP contribution in [0.1, 0.15) is 23.1 Å². The van der Waals surface area contributed by atoms with Crippen molar-refractivity contribution in [3.8, 4) is 0 Å². The fraction of sp³-hybridized carbons (Fsp3) is 0.211. The van der Waals surface area contributed by atoms with Crippen molar-refractivity contribution in [3.63, 3.8) is 0 Å². The molecule has 0 unspecified atom stereocenters. The van der Waals surface area contributed by atoms with Crippen LogP contribution >= 0.6 is 0 Å². The maximum absolute atomic E-state index is 12.7. The molecule has 2 N–H and O–H groups in total. The average molecular weight is 349 g/mol. The van der Waals surface area contributed by atoms with Crippen molar-refractivity contribution in [3.05, 3.63) is 71.3 Å². The van der Waals surface area contributed by atoms with Gasteiger partial charge in [0.05, 0.1) is 5.56 Å². The van der Waals surface area contributed by atoms with Crippen LogP contribution in [0.4, 0.5) is 18.9 Å². The fourth-order valence-electron chi connectivity index (χ4n) is 2.33. The summed E-state index contributed by atoms with van der Waals surface area (Å²) in [6, 6.07) is 12.5. The predicted octanol–water partition coefficient (Wildman–Crippen LogP) is 4.85. The number of carboxylic acid groups (broad SMARTS) is 1. The number of nitrogens with one attached hydrogen (secondary N) is 1. The first kappa shape index (κ1) is 18.6. The van der Waals surface area contributed by atoms with Gasteiger partial charge in [-0.1, -0.05) is 42.5 Å². The smallest absolute Gasteiger partial charge is 0.416 e. The standard InChI is InChI=1S/C19H18F3NO2/c20-19(21,22)16-8-3-5-14(13-16)6-4-12-23-17-9-2-1-7-15(17)10-11-18(24)25/h1-9,13,23H,10-12H2,(H,24,25). The largest absolute Gasteiger partial charge is 0.481 e. The Morgan fingerprint density at radius 3 is 2.60 bits per heavy atom. The minimum Gasteiger partial charge on any atom is -0.481 e. The molecule has 0 spiro atoms. The summed E-state index contributed by atoms with van der Waals surface area (Å²) in [6.45, 7) is 0.417. The molecule has 0 heterocycles. The van der Waals surface area contributed by atoms with Crippen LogP contribution in [0.3, 0.4) is 0 Å². The summed E-state index contributed by atoms with van der Waals surface area (Å²) in [6.07, 6.45) is -0.564. The number of carboxylic acids is 1. The summed E-state index contributed by atoms with van der Waals surface area (Å²) in [5.41, 5.74) is 1.49. The van der Waals surface area contributed by atoms with Gasteiger partial charge < -0.3 is 10.4 Å². The Kier molecular flexibility index (Phi) is 6.22. The van der Waals surface area contributed by atoms with Crippen molar-refractivity contribution < 1.29 is 23.1 Å². The molecule has 0 radical (unpaired) electrons. The molecule has 0 aliphatic heterocycles. The zero-order chi connectivity index (χ0) is 18.3. The molecule has 0 saturated heterocycles. The lowest BCUT2D eigenvalue weighted by Crippen LogP contribution is -2.05. The highest BCUT2D eigenvalue weighted by molar-refractivity contribution is 5.67. The number of alkyl halides is 3. The van der Waals surface area contributed by atoms with Gasteiger partial charge in [0.15, 0.2) is 0 Å². The number of anilines is 1. The molecular weight excluding hydrogens is 331 g/mol. The Labute approximate surface area is 143 Å². The molecule has 25 heavy (non-hydrogen) atoms. The van der Waals surface area contributed by atoms with Gasteiger partial charge in [-0.15, -0.1) is 0 Å². The van der Waals surface area contributed by atoms with Gasteiger partial charge in [0.1, 0.15) is 0 Å². The van der Waals surface area contributed by atoms with Crippen molar-refractivity contribution in [2.45, 2.75) is 19.0 Å². The van der Waals surface area contributed by atoms with Crippen molar-refractivity contribution in [1.29, 1.82) is 0 Å². The lowest BCUT2D eigenvalue weighted by atomic mass is 10.1. The predicted molar refractivity (Wildman–Crippen MR) is 91.4 cm³/mol. The van der Waals surface area contributed by atoms with Crippen LogP contribution in [0.25, 0.3) is 6.08 Å². The van der Waals surface area contributed by atoms with Gasteiger partial charge >= 0.3 is 12.1 Å². The van der Waals surface area contributed by atoms with E-state index < -0.39 is 17.7 Å². The lowest BCUT2D eigenvalue weighted by molar-refractivity contribution is -0.138. The maximum atomic E-state index is 12.7. The molecule has 3 nitrogen and oxygen atoms in total. The quantitative estimate of drug-likeness (QED) is 0.751. The fourth-order valence-corrected chi connectivity index (χ4v) is 2.33. The monoisotopic (exact) mass is 349 g/mol. The minimum atomic E-state index is -4.36. The third kappa shape index (κ3) is 5.99. The molecule has 0 aliphatic carbocycles. The van der Waals surface area contributed by atoms with Gasteiger partial charge in [0.2, 0.25) is 0 Å². The first-order valence-electron chi connectivity index (χ1n) is 7.73. The Morgan fingerprint density at radius 1 is 1.12 bits per heavy atom. The number of para-hydroxylation sites is 1. The molecule has 2 rings (SSSR count). The molecule has 0 amide bonds. The van der Waals surface area contributed by atoms with Crippen LogP contribution in [0.15, 0.2) is 54.6 Å². The molecule has 6 heteroatoms. The van der Waals surface area contributed by atoms with Gasteiger partial charge in [-0.3, -0.25) is 4.79 Å². The van der Waals surface area contributed by atoms with Gasteiger partial charge in [-0.05, 0) is 35.7 Å². The number of aryl methyl sites for hydroxylation is 1. The lowest BCUT2D eigenvalue weighted by Gasteiger charge is -2.10. The number of carbonyl (C=O) groups is 1. The third-order valence-electron chi connectivity index (χ3n) is 3.56.